The molecule has 1 N–H and O–H groups in total. The zero-order valence-electron chi connectivity index (χ0n) is 13.7. The van der Waals surface area contributed by atoms with E-state index in [4.69, 9.17) is 14.2 Å². The largest absolute Gasteiger partial charge is 0.496 e. The van der Waals surface area contributed by atoms with Gasteiger partial charge < -0.3 is 24.2 Å². The first-order chi connectivity index (χ1) is 11.6. The fourth-order valence-corrected chi connectivity index (χ4v) is 2.54. The monoisotopic (exact) mass is 332 g/mol. The molecule has 128 valence electrons. The van der Waals surface area contributed by atoms with Crippen LogP contribution < -0.4 is 9.47 Å². The molecule has 1 aromatic carbocycles. The molecule has 0 unspecified atom stereocenters. The summed E-state index contributed by atoms with van der Waals surface area (Å²) in [6.07, 6.45) is 2.19. The Morgan fingerprint density at radius 3 is 2.38 bits per heavy atom. The van der Waals surface area contributed by atoms with E-state index >= 15 is 0 Å². The van der Waals surface area contributed by atoms with Gasteiger partial charge in [-0.15, -0.1) is 0 Å². The van der Waals surface area contributed by atoms with Gasteiger partial charge in [-0.1, -0.05) is 0 Å². The molecule has 0 radical (unpaired) electrons. The molecule has 1 heterocycles. The third-order valence-corrected chi connectivity index (χ3v) is 3.70. The molecular weight excluding hydrogens is 312 g/mol. The summed E-state index contributed by atoms with van der Waals surface area (Å²) in [4.78, 5) is 13.4. The van der Waals surface area contributed by atoms with Crippen LogP contribution >= 0.6 is 0 Å². The molecule has 24 heavy (non-hydrogen) atoms. The molecule has 0 aliphatic carbocycles. The van der Waals surface area contributed by atoms with Crippen molar-refractivity contribution in [3.63, 3.8) is 0 Å². The SMILES string of the molecule is COc1cc(C/C(C#N)=C/N2CCOCC2)cc(OC)c1C(=O)O. The summed E-state index contributed by atoms with van der Waals surface area (Å²) in [5.41, 5.74) is 1.29. The molecule has 7 heteroatoms. The number of carboxylic acid groups (broad SMARTS) is 1. The van der Waals surface area contributed by atoms with Gasteiger partial charge in [0.2, 0.25) is 0 Å². The average molecular weight is 332 g/mol. The van der Waals surface area contributed by atoms with Crippen LogP contribution in [0.3, 0.4) is 0 Å². The van der Waals surface area contributed by atoms with E-state index in [1.54, 1.807) is 12.1 Å². The summed E-state index contributed by atoms with van der Waals surface area (Å²) in [6, 6.07) is 5.43. The van der Waals surface area contributed by atoms with Crippen LogP contribution in [0.15, 0.2) is 23.9 Å². The second kappa shape index (κ2) is 8.22. The number of ether oxygens (including phenoxy) is 3. The highest BCUT2D eigenvalue weighted by Gasteiger charge is 2.19. The van der Waals surface area contributed by atoms with Crippen LogP contribution in [0.1, 0.15) is 15.9 Å². The Morgan fingerprint density at radius 1 is 1.33 bits per heavy atom. The molecular formula is C17H20N2O5. The van der Waals surface area contributed by atoms with Crippen molar-refractivity contribution in [1.29, 1.82) is 5.26 Å². The van der Waals surface area contributed by atoms with Crippen molar-refractivity contribution in [2.45, 2.75) is 6.42 Å². The first-order valence-electron chi connectivity index (χ1n) is 7.49. The molecule has 0 atom stereocenters. The van der Waals surface area contributed by atoms with E-state index < -0.39 is 5.97 Å². The van der Waals surface area contributed by atoms with Crippen molar-refractivity contribution in [3.05, 3.63) is 35.0 Å². The number of hydrogen-bond donors (Lipinski definition) is 1. The third kappa shape index (κ3) is 4.18. The molecule has 1 aliphatic rings. The first-order valence-corrected chi connectivity index (χ1v) is 7.49. The number of allylic oxidation sites excluding steroid dienone is 1. The predicted molar refractivity (Wildman–Crippen MR) is 86.3 cm³/mol. The van der Waals surface area contributed by atoms with Crippen LogP contribution in [0, 0.1) is 11.3 Å². The van der Waals surface area contributed by atoms with E-state index in [-0.39, 0.29) is 17.1 Å². The van der Waals surface area contributed by atoms with E-state index in [9.17, 15) is 15.2 Å². The van der Waals surface area contributed by atoms with Gasteiger partial charge in [-0.3, -0.25) is 0 Å². The molecule has 1 fully saturated rings. The van der Waals surface area contributed by atoms with Crippen LogP contribution in [0.5, 0.6) is 11.5 Å². The van der Waals surface area contributed by atoms with Crippen LogP contribution in [0.25, 0.3) is 0 Å². The van der Waals surface area contributed by atoms with Crippen LogP contribution in [0.4, 0.5) is 0 Å². The predicted octanol–water partition coefficient (Wildman–Crippen LogP) is 1.68. The minimum absolute atomic E-state index is 0.0283. The van der Waals surface area contributed by atoms with Gasteiger partial charge in [-0.05, 0) is 17.7 Å². The highest BCUT2D eigenvalue weighted by molar-refractivity contribution is 5.94. The molecule has 1 aromatic rings. The van der Waals surface area contributed by atoms with Crippen molar-refractivity contribution < 1.29 is 24.1 Å². The third-order valence-electron chi connectivity index (χ3n) is 3.70. The fourth-order valence-electron chi connectivity index (χ4n) is 2.54. The summed E-state index contributed by atoms with van der Waals surface area (Å²) in [7, 11) is 2.81. The van der Waals surface area contributed by atoms with E-state index in [0.29, 0.717) is 25.2 Å². The Kier molecular flexibility index (Phi) is 6.04. The summed E-state index contributed by atoms with van der Waals surface area (Å²) >= 11 is 0. The number of nitriles is 1. The van der Waals surface area contributed by atoms with E-state index in [2.05, 4.69) is 6.07 Å². The zero-order valence-corrected chi connectivity index (χ0v) is 13.7. The Bertz CT molecular complexity index is 647. The molecule has 7 nitrogen and oxygen atoms in total. The van der Waals surface area contributed by atoms with Gasteiger partial charge >= 0.3 is 5.97 Å². The smallest absolute Gasteiger partial charge is 0.343 e. The lowest BCUT2D eigenvalue weighted by molar-refractivity contribution is 0.0591. The number of morpholine rings is 1. The lowest BCUT2D eigenvalue weighted by Gasteiger charge is -2.25. The number of hydrogen-bond acceptors (Lipinski definition) is 6. The van der Waals surface area contributed by atoms with E-state index in [1.165, 1.54) is 14.2 Å². The molecule has 1 aliphatic heterocycles. The van der Waals surface area contributed by atoms with Crippen molar-refractivity contribution in [2.75, 3.05) is 40.5 Å². The maximum Gasteiger partial charge on any atom is 0.343 e. The van der Waals surface area contributed by atoms with Gasteiger partial charge in [0.05, 0.1) is 33.5 Å². The highest BCUT2D eigenvalue weighted by atomic mass is 16.5. The second-order valence-corrected chi connectivity index (χ2v) is 5.27. The summed E-state index contributed by atoms with van der Waals surface area (Å²) in [6.45, 7) is 2.78. The minimum Gasteiger partial charge on any atom is -0.496 e. The Balaban J connectivity index is 2.29. The quantitative estimate of drug-likeness (QED) is 0.792. The maximum atomic E-state index is 11.4. The van der Waals surface area contributed by atoms with Crippen molar-refractivity contribution in [2.24, 2.45) is 0 Å². The van der Waals surface area contributed by atoms with E-state index in [1.807, 2.05) is 11.1 Å². The Labute approximate surface area is 140 Å². The average Bonchev–Trinajstić information content (AvgIpc) is 2.60. The highest BCUT2D eigenvalue weighted by Crippen LogP contribution is 2.31. The van der Waals surface area contributed by atoms with Crippen LogP contribution in [-0.4, -0.2) is 56.5 Å². The molecule has 0 saturated carbocycles. The molecule has 0 amide bonds. The number of benzene rings is 1. The van der Waals surface area contributed by atoms with Gasteiger partial charge in [-0.2, -0.15) is 5.26 Å². The first kappa shape index (κ1) is 17.6. The number of rotatable bonds is 6. The van der Waals surface area contributed by atoms with Gasteiger partial charge in [0, 0.05) is 31.3 Å². The molecule has 1 saturated heterocycles. The van der Waals surface area contributed by atoms with E-state index in [0.717, 1.165) is 18.7 Å². The number of nitrogens with zero attached hydrogens (tertiary/aromatic N) is 2. The normalized spacial score (nSPS) is 14.9. The lowest BCUT2D eigenvalue weighted by atomic mass is 10.0. The fraction of sp³-hybridized carbons (Fsp3) is 0.412. The van der Waals surface area contributed by atoms with Crippen molar-refractivity contribution in [3.8, 4) is 17.6 Å². The van der Waals surface area contributed by atoms with Crippen LogP contribution in [-0.2, 0) is 11.2 Å². The summed E-state index contributed by atoms with van der Waals surface area (Å²) in [5, 5.41) is 18.7. The topological polar surface area (TPSA) is 92.0 Å². The lowest BCUT2D eigenvalue weighted by Crippen LogP contribution is -2.32. The molecule has 0 bridgehead atoms. The Hall–Kier alpha value is -2.72. The van der Waals surface area contributed by atoms with Crippen molar-refractivity contribution >= 4 is 5.97 Å². The number of methoxy groups -OCH3 is 2. The van der Waals surface area contributed by atoms with Gasteiger partial charge in [0.1, 0.15) is 17.1 Å². The molecule has 0 aromatic heterocycles. The summed E-state index contributed by atoms with van der Waals surface area (Å²) in [5.74, 6) is -0.708. The maximum absolute atomic E-state index is 11.4. The second-order valence-electron chi connectivity index (χ2n) is 5.27. The van der Waals surface area contributed by atoms with Gasteiger partial charge in [0.25, 0.3) is 0 Å². The minimum atomic E-state index is -1.13. The summed E-state index contributed by atoms with van der Waals surface area (Å²) < 4.78 is 15.6. The number of carbonyl (C=O) groups is 1. The standard InChI is InChI=1S/C17H20N2O5/c1-22-14-8-12(9-15(23-2)16(14)17(20)21)7-13(10-18)11-19-3-5-24-6-4-19/h8-9,11H,3-7H2,1-2H3,(H,20,21)/b13-11-. The Morgan fingerprint density at radius 2 is 1.92 bits per heavy atom. The number of carboxylic acids is 1. The molecule has 0 spiro atoms. The van der Waals surface area contributed by atoms with Gasteiger partial charge in [0.15, 0.2) is 0 Å². The van der Waals surface area contributed by atoms with Crippen LogP contribution in [0.2, 0.25) is 0 Å². The number of aromatic carboxylic acids is 1. The molecule has 2 rings (SSSR count). The zero-order chi connectivity index (χ0) is 17.5. The van der Waals surface area contributed by atoms with Crippen molar-refractivity contribution in [1.82, 2.24) is 4.90 Å². The van der Waals surface area contributed by atoms with Gasteiger partial charge in [-0.25, -0.2) is 4.79 Å².